The standard InChI is InChI=1S/C21H29N5O3/c1-4-22-21(24-11-15-10-16(12(2)3)25-29-15)23-7-8-26-19(27)17-13-5-6-14(9-13)18(17)20(26)28/h5-6,10,12-14,17-18H,4,7-9,11H2,1-3H3,(H2,22,23,24). The molecule has 29 heavy (non-hydrogen) atoms. The lowest BCUT2D eigenvalue weighted by atomic mass is 9.85. The van der Waals surface area contributed by atoms with Gasteiger partial charge in [-0.2, -0.15) is 0 Å². The van der Waals surface area contributed by atoms with Crippen LogP contribution in [0, 0.1) is 23.7 Å². The van der Waals surface area contributed by atoms with Gasteiger partial charge in [-0.1, -0.05) is 31.2 Å². The average molecular weight is 399 g/mol. The maximum absolute atomic E-state index is 12.7. The summed E-state index contributed by atoms with van der Waals surface area (Å²) in [5.74, 6) is 1.83. The maximum Gasteiger partial charge on any atom is 0.233 e. The normalized spacial score (nSPS) is 28.0. The van der Waals surface area contributed by atoms with E-state index in [1.807, 2.05) is 13.0 Å². The van der Waals surface area contributed by atoms with Gasteiger partial charge in [0, 0.05) is 25.7 Å². The second-order valence-electron chi connectivity index (χ2n) is 8.32. The van der Waals surface area contributed by atoms with Gasteiger partial charge in [0.25, 0.3) is 0 Å². The largest absolute Gasteiger partial charge is 0.359 e. The van der Waals surface area contributed by atoms with Gasteiger partial charge in [-0.3, -0.25) is 14.5 Å². The molecule has 1 aromatic heterocycles. The van der Waals surface area contributed by atoms with Crippen LogP contribution in [0.1, 0.15) is 44.6 Å². The number of guanidine groups is 1. The highest BCUT2D eigenvalue weighted by Crippen LogP contribution is 2.52. The fraction of sp³-hybridized carbons (Fsp3) is 0.619. The Hall–Kier alpha value is -2.64. The first-order valence-corrected chi connectivity index (χ1v) is 10.5. The number of amides is 2. The van der Waals surface area contributed by atoms with Gasteiger partial charge in [-0.05, 0) is 31.1 Å². The predicted molar refractivity (Wildman–Crippen MR) is 108 cm³/mol. The Morgan fingerprint density at radius 1 is 1.24 bits per heavy atom. The van der Waals surface area contributed by atoms with Crippen LogP contribution in [0.25, 0.3) is 0 Å². The van der Waals surface area contributed by atoms with E-state index >= 15 is 0 Å². The van der Waals surface area contributed by atoms with Gasteiger partial charge in [0.2, 0.25) is 11.8 Å². The fourth-order valence-electron chi connectivity index (χ4n) is 4.64. The van der Waals surface area contributed by atoms with Crippen molar-refractivity contribution in [2.45, 2.75) is 39.7 Å². The number of likely N-dealkylation sites (tertiary alicyclic amines) is 1. The maximum atomic E-state index is 12.7. The zero-order valence-corrected chi connectivity index (χ0v) is 17.2. The molecule has 1 saturated carbocycles. The Labute approximate surface area is 170 Å². The average Bonchev–Trinajstić information content (AvgIpc) is 3.46. The molecule has 0 aromatic carbocycles. The Balaban J connectivity index is 1.32. The smallest absolute Gasteiger partial charge is 0.233 e. The number of nitrogens with zero attached hydrogens (tertiary/aromatic N) is 3. The minimum absolute atomic E-state index is 0.0107. The van der Waals surface area contributed by atoms with Crippen LogP contribution in [0.2, 0.25) is 0 Å². The topological polar surface area (TPSA) is 99.8 Å². The van der Waals surface area contributed by atoms with Crippen LogP contribution in [0.5, 0.6) is 0 Å². The quantitative estimate of drug-likeness (QED) is 0.313. The molecule has 0 radical (unpaired) electrons. The minimum atomic E-state index is -0.138. The van der Waals surface area contributed by atoms with Crippen molar-refractivity contribution in [1.29, 1.82) is 0 Å². The summed E-state index contributed by atoms with van der Waals surface area (Å²) in [6, 6.07) is 1.92. The van der Waals surface area contributed by atoms with Gasteiger partial charge in [0.1, 0.15) is 6.54 Å². The molecule has 2 aliphatic carbocycles. The molecule has 1 saturated heterocycles. The Kier molecular flexibility index (Phi) is 5.43. The third kappa shape index (κ3) is 3.68. The van der Waals surface area contributed by atoms with Crippen molar-refractivity contribution in [3.05, 3.63) is 29.7 Å². The Morgan fingerprint density at radius 3 is 2.52 bits per heavy atom. The molecule has 8 nitrogen and oxygen atoms in total. The summed E-state index contributed by atoms with van der Waals surface area (Å²) in [6.45, 7) is 8.00. The summed E-state index contributed by atoms with van der Waals surface area (Å²) in [7, 11) is 0. The van der Waals surface area contributed by atoms with Gasteiger partial charge in [0.15, 0.2) is 11.7 Å². The van der Waals surface area contributed by atoms with E-state index in [0.29, 0.717) is 43.8 Å². The zero-order chi connectivity index (χ0) is 20.5. The van der Waals surface area contributed by atoms with Gasteiger partial charge >= 0.3 is 0 Å². The molecule has 2 heterocycles. The van der Waals surface area contributed by atoms with Crippen molar-refractivity contribution >= 4 is 17.8 Å². The third-order valence-corrected chi connectivity index (χ3v) is 6.10. The van der Waals surface area contributed by atoms with Gasteiger partial charge in [-0.15, -0.1) is 0 Å². The van der Waals surface area contributed by atoms with Crippen LogP contribution in [0.4, 0.5) is 0 Å². The van der Waals surface area contributed by atoms with E-state index in [9.17, 15) is 9.59 Å². The molecule has 1 aliphatic heterocycles. The summed E-state index contributed by atoms with van der Waals surface area (Å²) in [6.07, 6.45) is 5.18. The predicted octanol–water partition coefficient (Wildman–Crippen LogP) is 1.66. The molecule has 1 aromatic rings. The van der Waals surface area contributed by atoms with E-state index in [1.54, 1.807) is 0 Å². The molecular formula is C21H29N5O3. The van der Waals surface area contributed by atoms with Crippen molar-refractivity contribution in [2.75, 3.05) is 19.6 Å². The number of rotatable bonds is 7. The Morgan fingerprint density at radius 2 is 1.93 bits per heavy atom. The first kappa shape index (κ1) is 19.7. The van der Waals surface area contributed by atoms with Crippen molar-refractivity contribution < 1.29 is 14.1 Å². The van der Waals surface area contributed by atoms with Crippen LogP contribution in [-0.2, 0) is 16.1 Å². The monoisotopic (exact) mass is 399 g/mol. The summed E-state index contributed by atoms with van der Waals surface area (Å²) in [5.41, 5.74) is 0.910. The molecule has 8 heteroatoms. The number of carbonyl (C=O) groups excluding carboxylic acids is 2. The SMILES string of the molecule is CCNC(=NCc1cc(C(C)C)no1)NCCN1C(=O)C2C3C=CC(C3)C2C1=O. The minimum Gasteiger partial charge on any atom is -0.359 e. The van der Waals surface area contributed by atoms with Gasteiger partial charge in [0.05, 0.1) is 17.5 Å². The zero-order valence-electron chi connectivity index (χ0n) is 17.2. The summed E-state index contributed by atoms with van der Waals surface area (Å²) in [5, 5.41) is 10.4. The molecule has 2 amide bonds. The van der Waals surface area contributed by atoms with Crippen LogP contribution in [-0.4, -0.2) is 47.5 Å². The molecule has 0 spiro atoms. The number of carbonyl (C=O) groups is 2. The molecule has 2 fully saturated rings. The van der Waals surface area contributed by atoms with Crippen molar-refractivity contribution in [3.63, 3.8) is 0 Å². The van der Waals surface area contributed by atoms with E-state index in [2.05, 4.69) is 46.8 Å². The number of hydrogen-bond donors (Lipinski definition) is 2. The second-order valence-corrected chi connectivity index (χ2v) is 8.32. The van der Waals surface area contributed by atoms with E-state index < -0.39 is 0 Å². The number of fused-ring (bicyclic) bond motifs is 5. The molecule has 156 valence electrons. The number of nitrogens with one attached hydrogen (secondary N) is 2. The summed E-state index contributed by atoms with van der Waals surface area (Å²) >= 11 is 0. The lowest BCUT2D eigenvalue weighted by molar-refractivity contribution is -0.140. The Bertz CT molecular complexity index is 813. The van der Waals surface area contributed by atoms with E-state index in [4.69, 9.17) is 4.52 Å². The molecule has 2 bridgehead atoms. The highest BCUT2D eigenvalue weighted by molar-refractivity contribution is 6.06. The molecule has 2 N–H and O–H groups in total. The molecular weight excluding hydrogens is 370 g/mol. The lowest BCUT2D eigenvalue weighted by Crippen LogP contribution is -2.43. The second kappa shape index (κ2) is 8.00. The highest BCUT2D eigenvalue weighted by atomic mass is 16.5. The van der Waals surface area contributed by atoms with Crippen LogP contribution < -0.4 is 10.6 Å². The van der Waals surface area contributed by atoms with Crippen LogP contribution in [0.15, 0.2) is 27.7 Å². The van der Waals surface area contributed by atoms with E-state index in [0.717, 1.165) is 12.1 Å². The van der Waals surface area contributed by atoms with Gasteiger partial charge in [-0.25, -0.2) is 4.99 Å². The molecule has 4 unspecified atom stereocenters. The van der Waals surface area contributed by atoms with Crippen molar-refractivity contribution in [3.8, 4) is 0 Å². The fourth-order valence-corrected chi connectivity index (χ4v) is 4.64. The molecule has 3 aliphatic rings. The van der Waals surface area contributed by atoms with Crippen molar-refractivity contribution in [1.82, 2.24) is 20.7 Å². The van der Waals surface area contributed by atoms with Crippen LogP contribution in [0.3, 0.4) is 0 Å². The molecule has 4 rings (SSSR count). The summed E-state index contributed by atoms with van der Waals surface area (Å²) in [4.78, 5) is 31.4. The third-order valence-electron chi connectivity index (χ3n) is 6.10. The highest BCUT2D eigenvalue weighted by Gasteiger charge is 2.58. The lowest BCUT2D eigenvalue weighted by Gasteiger charge is -2.18. The molecule has 4 atom stereocenters. The number of aliphatic imine (C=N–C) groups is 1. The number of imide groups is 1. The summed E-state index contributed by atoms with van der Waals surface area (Å²) < 4.78 is 5.32. The number of allylic oxidation sites excluding steroid dienone is 2. The first-order chi connectivity index (χ1) is 14.0. The van der Waals surface area contributed by atoms with Crippen molar-refractivity contribution in [2.24, 2.45) is 28.7 Å². The number of hydrogen-bond acceptors (Lipinski definition) is 5. The van der Waals surface area contributed by atoms with Gasteiger partial charge < -0.3 is 15.2 Å². The van der Waals surface area contributed by atoms with E-state index in [-0.39, 0.29) is 35.5 Å². The number of aromatic nitrogens is 1. The first-order valence-electron chi connectivity index (χ1n) is 10.5. The van der Waals surface area contributed by atoms with E-state index in [1.165, 1.54) is 4.90 Å². The van der Waals surface area contributed by atoms with Crippen LogP contribution >= 0.6 is 0 Å².